The number of hydrogen-bond acceptors (Lipinski definition) is 4. The van der Waals surface area contributed by atoms with Gasteiger partial charge in [0.05, 0.1) is 22.4 Å². The maximum atomic E-state index is 12.2. The molecule has 0 saturated carbocycles. The molecule has 142 valence electrons. The zero-order valence-electron chi connectivity index (χ0n) is 15.2. The summed E-state index contributed by atoms with van der Waals surface area (Å²) in [5, 5.41) is 15.7. The molecule has 3 rings (SSSR count). The van der Waals surface area contributed by atoms with Crippen LogP contribution in [0.15, 0.2) is 63.6 Å². The Hall–Kier alpha value is -2.56. The zero-order valence-corrected chi connectivity index (χ0v) is 17.6. The number of halogens is 1. The van der Waals surface area contributed by atoms with Crippen molar-refractivity contribution in [1.82, 2.24) is 5.32 Å². The molecule has 1 atom stereocenters. The molecule has 7 heteroatoms. The normalized spacial score (nSPS) is 16.3. The third kappa shape index (κ3) is 5.03. The fourth-order valence-corrected chi connectivity index (χ4v) is 4.03. The molecule has 0 aromatic heterocycles. The number of thioether (sulfide) groups is 1. The topological polar surface area (TPSA) is 82.0 Å². The summed E-state index contributed by atoms with van der Waals surface area (Å²) in [5.74, 6) is -0.558. The number of nitriles is 1. The molecule has 2 N–H and O–H groups in total. The van der Waals surface area contributed by atoms with E-state index < -0.39 is 0 Å². The maximum Gasteiger partial charge on any atom is 0.234 e. The van der Waals surface area contributed by atoms with Crippen LogP contribution in [-0.2, 0) is 9.59 Å². The first-order valence-corrected chi connectivity index (χ1v) is 10.4. The standard InChI is InChI=1S/C21H18BrN3O2S/c1-13-2-4-14(5-3-13)17-10-19(26)25-21(18(17)11-23)28-12-20(27)24-16-8-6-15(22)7-9-16/h2-9,17H,10,12H2,1H3,(H,24,27)(H,25,26). The Morgan fingerprint density at radius 3 is 2.57 bits per heavy atom. The van der Waals surface area contributed by atoms with Gasteiger partial charge in [-0.15, -0.1) is 0 Å². The highest BCUT2D eigenvalue weighted by Gasteiger charge is 2.29. The molecule has 1 aliphatic rings. The molecular formula is C21H18BrN3O2S. The predicted molar refractivity (Wildman–Crippen MR) is 115 cm³/mol. The van der Waals surface area contributed by atoms with Gasteiger partial charge >= 0.3 is 0 Å². The number of carbonyl (C=O) groups is 2. The molecule has 0 spiro atoms. The van der Waals surface area contributed by atoms with Crippen LogP contribution in [0.3, 0.4) is 0 Å². The highest BCUT2D eigenvalue weighted by molar-refractivity contribution is 9.10. The van der Waals surface area contributed by atoms with Crippen molar-refractivity contribution in [3.05, 3.63) is 74.7 Å². The minimum atomic E-state index is -0.295. The van der Waals surface area contributed by atoms with Crippen LogP contribution in [-0.4, -0.2) is 17.6 Å². The monoisotopic (exact) mass is 455 g/mol. The van der Waals surface area contributed by atoms with Gasteiger partial charge in [0.15, 0.2) is 0 Å². The number of aryl methyl sites for hydroxylation is 1. The van der Waals surface area contributed by atoms with Crippen molar-refractivity contribution in [2.75, 3.05) is 11.1 Å². The average molecular weight is 456 g/mol. The van der Waals surface area contributed by atoms with Gasteiger partial charge in [-0.25, -0.2) is 0 Å². The van der Waals surface area contributed by atoms with Gasteiger partial charge < -0.3 is 10.6 Å². The van der Waals surface area contributed by atoms with E-state index in [0.29, 0.717) is 16.3 Å². The summed E-state index contributed by atoms with van der Waals surface area (Å²) in [6.45, 7) is 1.99. The summed E-state index contributed by atoms with van der Waals surface area (Å²) in [6, 6.07) is 17.3. The molecule has 0 radical (unpaired) electrons. The summed E-state index contributed by atoms with van der Waals surface area (Å²) in [7, 11) is 0. The first-order valence-electron chi connectivity index (χ1n) is 8.65. The van der Waals surface area contributed by atoms with Gasteiger partial charge in [0.1, 0.15) is 0 Å². The molecule has 2 amide bonds. The van der Waals surface area contributed by atoms with Crippen LogP contribution in [0.5, 0.6) is 0 Å². The lowest BCUT2D eigenvalue weighted by atomic mass is 9.87. The molecule has 5 nitrogen and oxygen atoms in total. The second kappa shape index (κ2) is 9.09. The summed E-state index contributed by atoms with van der Waals surface area (Å²) in [6.07, 6.45) is 0.223. The van der Waals surface area contributed by atoms with Gasteiger partial charge in [-0.1, -0.05) is 57.5 Å². The third-order valence-electron chi connectivity index (χ3n) is 4.31. The fourth-order valence-electron chi connectivity index (χ4n) is 2.88. The van der Waals surface area contributed by atoms with Crippen molar-refractivity contribution in [2.45, 2.75) is 19.3 Å². The van der Waals surface area contributed by atoms with Gasteiger partial charge in [0.2, 0.25) is 11.8 Å². The SMILES string of the molecule is Cc1ccc(C2CC(=O)NC(SCC(=O)Nc3ccc(Br)cc3)=C2C#N)cc1. The Labute approximate surface area is 176 Å². The average Bonchev–Trinajstić information content (AvgIpc) is 2.68. The molecule has 2 aromatic carbocycles. The van der Waals surface area contributed by atoms with Crippen LogP contribution in [0.2, 0.25) is 0 Å². The van der Waals surface area contributed by atoms with Crippen molar-refractivity contribution >= 4 is 45.2 Å². The molecule has 1 unspecified atom stereocenters. The lowest BCUT2D eigenvalue weighted by molar-refractivity contribution is -0.121. The smallest absolute Gasteiger partial charge is 0.234 e. The predicted octanol–water partition coefficient (Wildman–Crippen LogP) is 4.47. The van der Waals surface area contributed by atoms with E-state index in [9.17, 15) is 14.9 Å². The Bertz CT molecular complexity index is 963. The summed E-state index contributed by atoms with van der Waals surface area (Å²) < 4.78 is 0.927. The third-order valence-corrected chi connectivity index (χ3v) is 5.86. The number of nitrogens with zero attached hydrogens (tertiary/aromatic N) is 1. The van der Waals surface area contributed by atoms with E-state index in [2.05, 4.69) is 32.6 Å². The molecule has 2 aromatic rings. The number of benzene rings is 2. The number of rotatable bonds is 5. The molecule has 0 saturated heterocycles. The number of hydrogen-bond donors (Lipinski definition) is 2. The molecule has 0 fully saturated rings. The lowest BCUT2D eigenvalue weighted by Crippen LogP contribution is -2.31. The van der Waals surface area contributed by atoms with Crippen LogP contribution >= 0.6 is 27.7 Å². The van der Waals surface area contributed by atoms with Crippen molar-refractivity contribution in [3.8, 4) is 6.07 Å². The Morgan fingerprint density at radius 1 is 1.25 bits per heavy atom. The van der Waals surface area contributed by atoms with Gasteiger partial charge in [0, 0.05) is 22.5 Å². The summed E-state index contributed by atoms with van der Waals surface area (Å²) in [5.41, 5.74) is 3.22. The van der Waals surface area contributed by atoms with Crippen LogP contribution in [0.1, 0.15) is 23.5 Å². The van der Waals surface area contributed by atoms with E-state index in [1.807, 2.05) is 43.3 Å². The zero-order chi connectivity index (χ0) is 20.1. The minimum absolute atomic E-state index is 0.0947. The van der Waals surface area contributed by atoms with E-state index in [-0.39, 0.29) is 29.9 Å². The number of anilines is 1. The summed E-state index contributed by atoms with van der Waals surface area (Å²) >= 11 is 4.52. The van der Waals surface area contributed by atoms with E-state index in [1.54, 1.807) is 12.1 Å². The highest BCUT2D eigenvalue weighted by atomic mass is 79.9. The van der Waals surface area contributed by atoms with E-state index in [4.69, 9.17) is 0 Å². The maximum absolute atomic E-state index is 12.2. The molecular weight excluding hydrogens is 438 g/mol. The van der Waals surface area contributed by atoms with Crippen LogP contribution in [0.4, 0.5) is 5.69 Å². The molecule has 0 aliphatic carbocycles. The van der Waals surface area contributed by atoms with Crippen LogP contribution < -0.4 is 10.6 Å². The fraction of sp³-hybridized carbons (Fsp3) is 0.190. The largest absolute Gasteiger partial charge is 0.325 e. The number of nitrogens with one attached hydrogen (secondary N) is 2. The summed E-state index contributed by atoms with van der Waals surface area (Å²) in [4.78, 5) is 24.4. The Balaban J connectivity index is 1.73. The molecule has 1 aliphatic heterocycles. The minimum Gasteiger partial charge on any atom is -0.325 e. The van der Waals surface area contributed by atoms with Crippen LogP contribution in [0, 0.1) is 18.3 Å². The first kappa shape index (κ1) is 20.2. The van der Waals surface area contributed by atoms with Gasteiger partial charge in [0.25, 0.3) is 0 Å². The van der Waals surface area contributed by atoms with Gasteiger partial charge in [-0.2, -0.15) is 5.26 Å². The van der Waals surface area contributed by atoms with Crippen molar-refractivity contribution < 1.29 is 9.59 Å². The number of allylic oxidation sites excluding steroid dienone is 1. The second-order valence-electron chi connectivity index (χ2n) is 6.41. The van der Waals surface area contributed by atoms with Crippen LogP contribution in [0.25, 0.3) is 0 Å². The first-order chi connectivity index (χ1) is 13.5. The van der Waals surface area contributed by atoms with Crippen molar-refractivity contribution in [3.63, 3.8) is 0 Å². The lowest BCUT2D eigenvalue weighted by Gasteiger charge is -2.25. The Kier molecular flexibility index (Phi) is 6.55. The molecule has 28 heavy (non-hydrogen) atoms. The number of amides is 2. The molecule has 0 bridgehead atoms. The van der Waals surface area contributed by atoms with E-state index in [1.165, 1.54) is 11.8 Å². The van der Waals surface area contributed by atoms with E-state index >= 15 is 0 Å². The Morgan fingerprint density at radius 2 is 1.93 bits per heavy atom. The van der Waals surface area contributed by atoms with E-state index in [0.717, 1.165) is 15.6 Å². The second-order valence-corrected chi connectivity index (χ2v) is 8.32. The van der Waals surface area contributed by atoms with Crippen molar-refractivity contribution in [1.29, 1.82) is 5.26 Å². The quantitative estimate of drug-likeness (QED) is 0.696. The number of carbonyl (C=O) groups excluding carboxylic acids is 2. The van der Waals surface area contributed by atoms with Crippen molar-refractivity contribution in [2.24, 2.45) is 0 Å². The van der Waals surface area contributed by atoms with Gasteiger partial charge in [-0.3, -0.25) is 9.59 Å². The molecule has 1 heterocycles. The van der Waals surface area contributed by atoms with Gasteiger partial charge in [-0.05, 0) is 36.8 Å². The highest BCUT2D eigenvalue weighted by Crippen LogP contribution is 2.36.